The van der Waals surface area contributed by atoms with Gasteiger partial charge in [-0.2, -0.15) is 0 Å². The first-order valence-electron chi connectivity index (χ1n) is 7.78. The smallest absolute Gasteiger partial charge is 0.335 e. The zero-order valence-corrected chi connectivity index (χ0v) is 13.2. The number of aromatic carboxylic acids is 1. The van der Waals surface area contributed by atoms with Crippen LogP contribution in [0, 0.1) is 0 Å². The number of carbonyl (C=O) groups is 2. The summed E-state index contributed by atoms with van der Waals surface area (Å²) in [6, 6.07) is 5.14. The van der Waals surface area contributed by atoms with E-state index < -0.39 is 12.1 Å². The van der Waals surface area contributed by atoms with Gasteiger partial charge in [0.25, 0.3) is 5.91 Å². The highest BCUT2D eigenvalue weighted by Gasteiger charge is 2.25. The van der Waals surface area contributed by atoms with Gasteiger partial charge in [-0.3, -0.25) is 4.79 Å². The second-order valence-electron chi connectivity index (χ2n) is 5.67. The number of fused-ring (bicyclic) bond motifs is 1. The average molecular weight is 305 g/mol. The van der Waals surface area contributed by atoms with Crippen molar-refractivity contribution in [2.45, 2.75) is 45.8 Å². The topological polar surface area (TPSA) is 66.8 Å². The molecule has 1 aliphatic rings. The molecule has 1 aromatic rings. The summed E-state index contributed by atoms with van der Waals surface area (Å²) in [5, 5.41) is 9.07. The second kappa shape index (κ2) is 7.40. The molecule has 22 heavy (non-hydrogen) atoms. The van der Waals surface area contributed by atoms with Crippen LogP contribution in [0.5, 0.6) is 0 Å². The molecule has 2 rings (SSSR count). The maximum atomic E-state index is 12.4. The number of carbonyl (C=O) groups excluding carboxylic acids is 1. The van der Waals surface area contributed by atoms with Crippen molar-refractivity contribution in [2.24, 2.45) is 0 Å². The molecule has 0 bridgehead atoms. The first kappa shape index (κ1) is 16.5. The number of rotatable bonds is 6. The lowest BCUT2D eigenvalue weighted by Gasteiger charge is -2.31. The summed E-state index contributed by atoms with van der Waals surface area (Å²) >= 11 is 0. The fourth-order valence-corrected chi connectivity index (χ4v) is 2.61. The third kappa shape index (κ3) is 3.85. The summed E-state index contributed by atoms with van der Waals surface area (Å²) in [6.07, 6.45) is 2.29. The van der Waals surface area contributed by atoms with Crippen LogP contribution < -0.4 is 0 Å². The Bertz CT molecular complexity index is 556. The molecule has 120 valence electrons. The Kier molecular flexibility index (Phi) is 5.55. The van der Waals surface area contributed by atoms with Gasteiger partial charge in [0.2, 0.25) is 0 Å². The van der Waals surface area contributed by atoms with Crippen molar-refractivity contribution in [3.8, 4) is 0 Å². The van der Waals surface area contributed by atoms with Crippen LogP contribution in [0.15, 0.2) is 18.2 Å². The van der Waals surface area contributed by atoms with Gasteiger partial charge >= 0.3 is 5.97 Å². The van der Waals surface area contributed by atoms with E-state index in [0.717, 1.165) is 30.4 Å². The highest BCUT2D eigenvalue weighted by atomic mass is 16.5. The molecule has 1 amide bonds. The summed E-state index contributed by atoms with van der Waals surface area (Å²) in [5.74, 6) is -0.968. The van der Waals surface area contributed by atoms with Gasteiger partial charge < -0.3 is 14.7 Å². The molecule has 1 aromatic carbocycles. The molecule has 5 nitrogen and oxygen atoms in total. The van der Waals surface area contributed by atoms with E-state index in [-0.39, 0.29) is 11.5 Å². The van der Waals surface area contributed by atoms with Gasteiger partial charge in [-0.15, -0.1) is 0 Å². The fourth-order valence-electron chi connectivity index (χ4n) is 2.61. The third-order valence-corrected chi connectivity index (χ3v) is 3.99. The Morgan fingerprint density at radius 2 is 2.14 bits per heavy atom. The summed E-state index contributed by atoms with van der Waals surface area (Å²) < 4.78 is 5.56. The Hall–Kier alpha value is -1.88. The monoisotopic (exact) mass is 305 g/mol. The fraction of sp³-hybridized carbons (Fsp3) is 0.529. The van der Waals surface area contributed by atoms with Crippen molar-refractivity contribution >= 4 is 11.9 Å². The lowest BCUT2D eigenvalue weighted by atomic mass is 9.97. The Labute approximate surface area is 130 Å². The molecular weight excluding hydrogens is 282 g/mol. The predicted molar refractivity (Wildman–Crippen MR) is 82.8 cm³/mol. The molecule has 0 spiro atoms. The summed E-state index contributed by atoms with van der Waals surface area (Å²) in [7, 11) is 0. The van der Waals surface area contributed by atoms with Crippen molar-refractivity contribution in [1.82, 2.24) is 4.90 Å². The summed E-state index contributed by atoms with van der Waals surface area (Å²) in [4.78, 5) is 25.2. The number of carboxylic acids is 1. The second-order valence-corrected chi connectivity index (χ2v) is 5.67. The van der Waals surface area contributed by atoms with Crippen molar-refractivity contribution in [3.05, 3.63) is 34.9 Å². The van der Waals surface area contributed by atoms with E-state index in [2.05, 4.69) is 6.92 Å². The molecule has 1 atom stereocenters. The molecule has 1 unspecified atom stereocenters. The number of ether oxygens (including phenoxy) is 1. The minimum absolute atomic E-state index is 0.0255. The zero-order chi connectivity index (χ0) is 16.1. The Morgan fingerprint density at radius 3 is 2.82 bits per heavy atom. The molecule has 0 saturated heterocycles. The van der Waals surface area contributed by atoms with Crippen molar-refractivity contribution in [3.63, 3.8) is 0 Å². The first-order valence-corrected chi connectivity index (χ1v) is 7.78. The van der Waals surface area contributed by atoms with E-state index >= 15 is 0 Å². The van der Waals surface area contributed by atoms with Crippen LogP contribution in [0.1, 0.15) is 48.2 Å². The lowest BCUT2D eigenvalue weighted by Crippen LogP contribution is -2.42. The van der Waals surface area contributed by atoms with E-state index in [1.54, 1.807) is 24.0 Å². The number of nitrogens with zero attached hydrogens (tertiary/aromatic N) is 1. The van der Waals surface area contributed by atoms with Gasteiger partial charge in [-0.25, -0.2) is 4.79 Å². The normalized spacial score (nSPS) is 15.3. The number of amides is 1. The Balaban J connectivity index is 2.02. The summed E-state index contributed by atoms with van der Waals surface area (Å²) in [5.41, 5.74) is 2.30. The molecule has 1 aliphatic heterocycles. The van der Waals surface area contributed by atoms with Gasteiger partial charge in [0, 0.05) is 19.7 Å². The van der Waals surface area contributed by atoms with Gasteiger partial charge in [-0.05, 0) is 43.0 Å². The van der Waals surface area contributed by atoms with Crippen LogP contribution in [0.3, 0.4) is 0 Å². The van der Waals surface area contributed by atoms with Gasteiger partial charge in [-0.1, -0.05) is 19.4 Å². The van der Waals surface area contributed by atoms with Gasteiger partial charge in [0.05, 0.1) is 5.56 Å². The molecule has 1 heterocycles. The van der Waals surface area contributed by atoms with Crippen LogP contribution in [0.25, 0.3) is 0 Å². The molecule has 0 saturated carbocycles. The van der Waals surface area contributed by atoms with E-state index in [1.165, 1.54) is 0 Å². The maximum Gasteiger partial charge on any atom is 0.335 e. The number of benzene rings is 1. The van der Waals surface area contributed by atoms with Crippen LogP contribution in [0.4, 0.5) is 0 Å². The summed E-state index contributed by atoms with van der Waals surface area (Å²) in [6.45, 7) is 5.56. The van der Waals surface area contributed by atoms with Crippen molar-refractivity contribution in [1.29, 1.82) is 0 Å². The van der Waals surface area contributed by atoms with Crippen LogP contribution >= 0.6 is 0 Å². The zero-order valence-electron chi connectivity index (χ0n) is 13.2. The number of unbranched alkanes of at least 4 members (excludes halogenated alkanes) is 1. The molecule has 1 N–H and O–H groups in total. The quantitative estimate of drug-likeness (QED) is 0.820. The standard InChI is InChI=1S/C17H23NO4/c1-3-4-9-22-12(2)16(19)18-8-7-13-5-6-14(17(20)21)10-15(13)11-18/h5-6,10,12H,3-4,7-9,11H2,1-2H3,(H,20,21). The highest BCUT2D eigenvalue weighted by molar-refractivity contribution is 5.88. The largest absolute Gasteiger partial charge is 0.478 e. The number of hydrogen-bond acceptors (Lipinski definition) is 3. The third-order valence-electron chi connectivity index (χ3n) is 3.99. The Morgan fingerprint density at radius 1 is 1.36 bits per heavy atom. The van der Waals surface area contributed by atoms with Crippen LogP contribution in [-0.4, -0.2) is 41.1 Å². The van der Waals surface area contributed by atoms with Crippen molar-refractivity contribution in [2.75, 3.05) is 13.2 Å². The number of carboxylic acid groups (broad SMARTS) is 1. The van der Waals surface area contributed by atoms with Crippen LogP contribution in [-0.2, 0) is 22.5 Å². The van der Waals surface area contributed by atoms with Gasteiger partial charge in [0.15, 0.2) is 0 Å². The van der Waals surface area contributed by atoms with Crippen molar-refractivity contribution < 1.29 is 19.4 Å². The van der Waals surface area contributed by atoms with Crippen LogP contribution in [0.2, 0.25) is 0 Å². The van der Waals surface area contributed by atoms with Gasteiger partial charge in [0.1, 0.15) is 6.10 Å². The lowest BCUT2D eigenvalue weighted by molar-refractivity contribution is -0.143. The SMILES string of the molecule is CCCCOC(C)C(=O)N1CCc2ccc(C(=O)O)cc2C1. The minimum atomic E-state index is -0.942. The van der Waals surface area contributed by atoms with E-state index in [4.69, 9.17) is 9.84 Å². The molecule has 0 aliphatic carbocycles. The molecule has 0 aromatic heterocycles. The molecule has 5 heteroatoms. The highest BCUT2D eigenvalue weighted by Crippen LogP contribution is 2.21. The van der Waals surface area contributed by atoms with E-state index in [0.29, 0.717) is 19.7 Å². The van der Waals surface area contributed by atoms with E-state index in [9.17, 15) is 9.59 Å². The molecule has 0 radical (unpaired) electrons. The predicted octanol–water partition coefficient (Wildman–Crippen LogP) is 2.47. The minimum Gasteiger partial charge on any atom is -0.478 e. The van der Waals surface area contributed by atoms with E-state index in [1.807, 2.05) is 6.07 Å². The molecular formula is C17H23NO4. The first-order chi connectivity index (χ1) is 10.5. The average Bonchev–Trinajstić information content (AvgIpc) is 2.53. The number of hydrogen-bond donors (Lipinski definition) is 1. The molecule has 0 fully saturated rings. The maximum absolute atomic E-state index is 12.4.